The fraction of sp³-hybridized carbons (Fsp3) is 0.429. The van der Waals surface area contributed by atoms with Crippen LogP contribution < -0.4 is 9.44 Å². The molecule has 0 spiro atoms. The summed E-state index contributed by atoms with van der Waals surface area (Å²) in [4.78, 5) is 0.166. The summed E-state index contributed by atoms with van der Waals surface area (Å²) in [6.45, 7) is 5.65. The average molecular weight is 469 g/mol. The molecule has 0 saturated heterocycles. The third kappa shape index (κ3) is 5.00. The Bertz CT molecular complexity index is 1120. The van der Waals surface area contributed by atoms with Crippen LogP contribution in [0.15, 0.2) is 46.2 Å². The average Bonchev–Trinajstić information content (AvgIpc) is 3.03. The van der Waals surface area contributed by atoms with Gasteiger partial charge in [-0.05, 0) is 80.6 Å². The predicted molar refractivity (Wildman–Crippen MR) is 118 cm³/mol. The third-order valence-corrected chi connectivity index (χ3v) is 8.45. The molecule has 0 aliphatic heterocycles. The molecule has 10 heteroatoms. The van der Waals surface area contributed by atoms with E-state index in [9.17, 15) is 27.0 Å². The van der Waals surface area contributed by atoms with Crippen molar-refractivity contribution in [2.24, 2.45) is 0 Å². The van der Waals surface area contributed by atoms with Gasteiger partial charge in [0.05, 0.1) is 34.1 Å². The summed E-state index contributed by atoms with van der Waals surface area (Å²) >= 11 is 0. The van der Waals surface area contributed by atoms with Gasteiger partial charge in [-0.25, -0.2) is 26.3 Å². The first-order valence-electron chi connectivity index (χ1n) is 9.76. The largest absolute Gasteiger partial charge is 0.394 e. The summed E-state index contributed by atoms with van der Waals surface area (Å²) in [5.41, 5.74) is 1.25. The van der Waals surface area contributed by atoms with Crippen molar-refractivity contribution in [2.45, 2.75) is 55.0 Å². The lowest BCUT2D eigenvalue weighted by Crippen LogP contribution is -2.46. The number of aliphatic hydroxyl groups excluding tert-OH is 2. The van der Waals surface area contributed by atoms with E-state index in [1.807, 2.05) is 0 Å². The van der Waals surface area contributed by atoms with E-state index in [0.717, 1.165) is 22.3 Å². The van der Waals surface area contributed by atoms with Crippen LogP contribution in [0.3, 0.4) is 0 Å². The van der Waals surface area contributed by atoms with E-state index in [0.29, 0.717) is 6.42 Å². The Morgan fingerprint density at radius 2 is 1.10 bits per heavy atom. The first-order valence-corrected chi connectivity index (χ1v) is 12.7. The van der Waals surface area contributed by atoms with Crippen molar-refractivity contribution in [3.05, 3.63) is 47.5 Å². The molecule has 4 N–H and O–H groups in total. The summed E-state index contributed by atoms with van der Waals surface area (Å²) in [6.07, 6.45) is 0.393. The highest BCUT2D eigenvalue weighted by Crippen LogP contribution is 2.38. The van der Waals surface area contributed by atoms with Crippen molar-refractivity contribution < 1.29 is 27.0 Å². The zero-order chi connectivity index (χ0) is 23.2. The topological polar surface area (TPSA) is 133 Å². The maximum Gasteiger partial charge on any atom is 0.241 e. The lowest BCUT2D eigenvalue weighted by atomic mass is 10.1. The number of hydrogen-bond donors (Lipinski definition) is 4. The van der Waals surface area contributed by atoms with E-state index < -0.39 is 31.1 Å². The molecule has 0 bridgehead atoms. The molecule has 2 aromatic rings. The van der Waals surface area contributed by atoms with Gasteiger partial charge in [0.2, 0.25) is 20.0 Å². The van der Waals surface area contributed by atoms with E-state index in [-0.39, 0.29) is 23.0 Å². The fourth-order valence-electron chi connectivity index (χ4n) is 3.41. The second kappa shape index (κ2) is 7.95. The Kier molecular flexibility index (Phi) is 6.11. The molecule has 0 saturated carbocycles. The summed E-state index contributed by atoms with van der Waals surface area (Å²) in [6, 6.07) is 9.57. The Labute approximate surface area is 183 Å². The minimum absolute atomic E-state index is 0.0831. The van der Waals surface area contributed by atoms with Crippen molar-refractivity contribution in [3.8, 4) is 11.1 Å². The van der Waals surface area contributed by atoms with Crippen LogP contribution in [0.1, 0.15) is 38.8 Å². The molecule has 0 atom stereocenters. The standard InChI is InChI=1S/C21H28N2O6S2/c1-20(2,12-24)22-30(26,27)16-5-7-18-14(10-16)9-15-11-17(6-8-19(15)18)31(28,29)23-21(3,4)13-25/h5-8,10-11,22-25H,9,12-13H2,1-4H3. The Morgan fingerprint density at radius 1 is 0.742 bits per heavy atom. The summed E-state index contributed by atoms with van der Waals surface area (Å²) in [5, 5.41) is 18.7. The van der Waals surface area contributed by atoms with E-state index in [2.05, 4.69) is 9.44 Å². The first-order chi connectivity index (χ1) is 14.2. The van der Waals surface area contributed by atoms with E-state index in [1.54, 1.807) is 52.0 Å². The first kappa shape index (κ1) is 23.8. The van der Waals surface area contributed by atoms with Gasteiger partial charge in [0.15, 0.2) is 0 Å². The number of benzene rings is 2. The zero-order valence-electron chi connectivity index (χ0n) is 17.9. The summed E-state index contributed by atoms with van der Waals surface area (Å²) in [7, 11) is -7.67. The molecule has 0 fully saturated rings. The molecular formula is C21H28N2O6S2. The lowest BCUT2D eigenvalue weighted by Gasteiger charge is -2.23. The lowest BCUT2D eigenvalue weighted by molar-refractivity contribution is 0.208. The van der Waals surface area contributed by atoms with Gasteiger partial charge in [-0.1, -0.05) is 12.1 Å². The second-order valence-corrected chi connectivity index (χ2v) is 12.5. The van der Waals surface area contributed by atoms with E-state index in [4.69, 9.17) is 0 Å². The van der Waals surface area contributed by atoms with Gasteiger partial charge in [-0.2, -0.15) is 0 Å². The Morgan fingerprint density at radius 3 is 1.42 bits per heavy atom. The van der Waals surface area contributed by atoms with Crippen LogP contribution in [0.5, 0.6) is 0 Å². The quantitative estimate of drug-likeness (QED) is 0.395. The van der Waals surface area contributed by atoms with Crippen molar-refractivity contribution in [2.75, 3.05) is 13.2 Å². The normalized spacial score (nSPS) is 14.4. The van der Waals surface area contributed by atoms with Crippen molar-refractivity contribution >= 4 is 20.0 Å². The maximum absolute atomic E-state index is 12.7. The molecule has 8 nitrogen and oxygen atoms in total. The van der Waals surface area contributed by atoms with Gasteiger partial charge in [0, 0.05) is 0 Å². The molecule has 1 aliphatic rings. The summed E-state index contributed by atoms with van der Waals surface area (Å²) < 4.78 is 55.7. The van der Waals surface area contributed by atoms with Gasteiger partial charge >= 0.3 is 0 Å². The molecule has 31 heavy (non-hydrogen) atoms. The van der Waals surface area contributed by atoms with Crippen LogP contribution in [0.2, 0.25) is 0 Å². The highest BCUT2D eigenvalue weighted by molar-refractivity contribution is 7.89. The van der Waals surface area contributed by atoms with E-state index in [1.165, 1.54) is 12.1 Å². The Balaban J connectivity index is 1.93. The molecule has 3 rings (SSSR count). The van der Waals surface area contributed by atoms with Crippen LogP contribution in [0.4, 0.5) is 0 Å². The van der Waals surface area contributed by atoms with Gasteiger partial charge in [-0.15, -0.1) is 0 Å². The van der Waals surface area contributed by atoms with Crippen LogP contribution in [0, 0.1) is 0 Å². The fourth-order valence-corrected chi connectivity index (χ4v) is 6.32. The van der Waals surface area contributed by atoms with Crippen LogP contribution in [-0.4, -0.2) is 51.3 Å². The molecular weight excluding hydrogens is 440 g/mol. The number of nitrogens with one attached hydrogen (secondary N) is 2. The Hall–Kier alpha value is -1.82. The molecule has 0 amide bonds. The minimum atomic E-state index is -3.83. The SMILES string of the molecule is CC(C)(CO)NS(=O)(=O)c1ccc2c(c1)Cc1cc(S(=O)(=O)NC(C)(C)CO)ccc1-2. The number of rotatable bonds is 8. The van der Waals surface area contributed by atoms with Gasteiger partial charge < -0.3 is 10.2 Å². The summed E-state index contributed by atoms with van der Waals surface area (Å²) in [5.74, 6) is 0. The zero-order valence-corrected chi connectivity index (χ0v) is 19.6. The van der Waals surface area contributed by atoms with Gasteiger partial charge in [-0.3, -0.25) is 0 Å². The highest BCUT2D eigenvalue weighted by atomic mass is 32.2. The third-order valence-electron chi connectivity index (χ3n) is 5.06. The monoisotopic (exact) mass is 468 g/mol. The van der Waals surface area contributed by atoms with E-state index >= 15 is 0 Å². The van der Waals surface area contributed by atoms with Crippen LogP contribution >= 0.6 is 0 Å². The van der Waals surface area contributed by atoms with Gasteiger partial charge in [0.1, 0.15) is 0 Å². The number of sulfonamides is 2. The molecule has 0 aromatic heterocycles. The molecule has 0 unspecified atom stereocenters. The van der Waals surface area contributed by atoms with Crippen molar-refractivity contribution in [1.82, 2.24) is 9.44 Å². The maximum atomic E-state index is 12.7. The number of fused-ring (bicyclic) bond motifs is 3. The van der Waals surface area contributed by atoms with Crippen molar-refractivity contribution in [1.29, 1.82) is 0 Å². The number of aliphatic hydroxyl groups is 2. The molecule has 2 aromatic carbocycles. The highest BCUT2D eigenvalue weighted by Gasteiger charge is 2.29. The number of hydrogen-bond acceptors (Lipinski definition) is 6. The molecule has 170 valence electrons. The predicted octanol–water partition coefficient (Wildman–Crippen LogP) is 1.36. The molecule has 1 aliphatic carbocycles. The van der Waals surface area contributed by atoms with Crippen LogP contribution in [-0.2, 0) is 26.5 Å². The van der Waals surface area contributed by atoms with Crippen LogP contribution in [0.25, 0.3) is 11.1 Å². The molecule has 0 heterocycles. The smallest absolute Gasteiger partial charge is 0.241 e. The molecule has 0 radical (unpaired) electrons. The minimum Gasteiger partial charge on any atom is -0.394 e. The second-order valence-electron chi connectivity index (χ2n) is 9.11. The van der Waals surface area contributed by atoms with Crippen molar-refractivity contribution in [3.63, 3.8) is 0 Å². The van der Waals surface area contributed by atoms with Gasteiger partial charge in [0.25, 0.3) is 0 Å².